The van der Waals surface area contributed by atoms with Gasteiger partial charge in [-0.3, -0.25) is 4.98 Å². The van der Waals surface area contributed by atoms with Crippen molar-refractivity contribution in [3.8, 4) is 11.3 Å². The highest BCUT2D eigenvalue weighted by molar-refractivity contribution is 9.10. The topological polar surface area (TPSA) is 71.2 Å². The van der Waals surface area contributed by atoms with Gasteiger partial charge in [0, 0.05) is 32.3 Å². The summed E-state index contributed by atoms with van der Waals surface area (Å²) in [7, 11) is 3.35. The minimum Gasteiger partial charge on any atom is -0.389 e. The van der Waals surface area contributed by atoms with Crippen LogP contribution in [-0.4, -0.2) is 44.9 Å². The van der Waals surface area contributed by atoms with Gasteiger partial charge in [-0.2, -0.15) is 9.78 Å². The molecule has 3 aromatic rings. The van der Waals surface area contributed by atoms with Crippen LogP contribution in [0.2, 0.25) is 0 Å². The lowest BCUT2D eigenvalue weighted by Gasteiger charge is -2.16. The Balaban J connectivity index is 2.14. The fourth-order valence-electron chi connectivity index (χ4n) is 3.31. The zero-order valence-corrected chi connectivity index (χ0v) is 18.9. The third-order valence-corrected chi connectivity index (χ3v) is 5.77. The van der Waals surface area contributed by atoms with Crippen molar-refractivity contribution >= 4 is 22.0 Å². The molecule has 0 aliphatic carbocycles. The van der Waals surface area contributed by atoms with Gasteiger partial charge in [0.2, 0.25) is 0 Å². The van der Waals surface area contributed by atoms with E-state index in [9.17, 15) is 14.3 Å². The Morgan fingerprint density at radius 3 is 2.70 bits per heavy atom. The van der Waals surface area contributed by atoms with E-state index in [1.165, 1.54) is 21.7 Å². The van der Waals surface area contributed by atoms with Gasteiger partial charge in [-0.15, -0.1) is 0 Å². The highest BCUT2D eigenvalue weighted by Crippen LogP contribution is 2.33. The Kier molecular flexibility index (Phi) is 6.67. The summed E-state index contributed by atoms with van der Waals surface area (Å²) in [6.07, 6.45) is 1.85. The van der Waals surface area contributed by atoms with Gasteiger partial charge in [-0.1, -0.05) is 13.0 Å². The number of halogens is 2. The van der Waals surface area contributed by atoms with E-state index < -0.39 is 11.9 Å². The molecule has 0 saturated heterocycles. The third-order valence-electron chi connectivity index (χ3n) is 4.85. The Labute approximate surface area is 183 Å². The van der Waals surface area contributed by atoms with E-state index >= 15 is 0 Å². The molecule has 1 aromatic carbocycles. The van der Waals surface area contributed by atoms with Crippen LogP contribution in [-0.2, 0) is 12.8 Å². The Morgan fingerprint density at radius 2 is 2.07 bits per heavy atom. The van der Waals surface area contributed by atoms with E-state index in [0.29, 0.717) is 35.4 Å². The average Bonchev–Trinajstić information content (AvgIpc) is 3.03. The third kappa shape index (κ3) is 4.29. The number of aryl methyl sites for hydroxylation is 1. The van der Waals surface area contributed by atoms with Crippen LogP contribution in [0.5, 0.6) is 0 Å². The number of aliphatic hydroxyl groups excluding tert-OH is 1. The summed E-state index contributed by atoms with van der Waals surface area (Å²) in [5.41, 5.74) is 4.07. The van der Waals surface area contributed by atoms with E-state index in [2.05, 4.69) is 26.0 Å². The van der Waals surface area contributed by atoms with Crippen LogP contribution in [0.15, 0.2) is 41.0 Å². The fraction of sp³-hybridized carbons (Fsp3) is 0.318. The molecular weight excluding hydrogens is 451 g/mol. The first-order valence-electron chi connectivity index (χ1n) is 9.64. The molecule has 0 unspecified atom stereocenters. The number of carbonyl (C=O) groups is 1. The highest BCUT2D eigenvalue weighted by atomic mass is 79.9. The molecule has 2 heterocycles. The molecule has 0 saturated carbocycles. The van der Waals surface area contributed by atoms with Gasteiger partial charge in [-0.25, -0.2) is 9.18 Å². The maximum absolute atomic E-state index is 13.8. The van der Waals surface area contributed by atoms with Crippen molar-refractivity contribution in [1.29, 1.82) is 0 Å². The minimum absolute atomic E-state index is 0.248. The van der Waals surface area contributed by atoms with Gasteiger partial charge in [0.1, 0.15) is 5.82 Å². The second-order valence-electron chi connectivity index (χ2n) is 7.25. The van der Waals surface area contributed by atoms with Crippen molar-refractivity contribution in [2.24, 2.45) is 0 Å². The summed E-state index contributed by atoms with van der Waals surface area (Å²) in [6.45, 7) is 3.57. The molecule has 6 nitrogen and oxygen atoms in total. The van der Waals surface area contributed by atoms with Gasteiger partial charge in [0.25, 0.3) is 0 Å². The van der Waals surface area contributed by atoms with E-state index in [1.807, 2.05) is 19.1 Å². The lowest BCUT2D eigenvalue weighted by atomic mass is 9.95. The van der Waals surface area contributed by atoms with Gasteiger partial charge in [0.05, 0.1) is 27.7 Å². The SMILES string of the molecule is CCc1nn(C(=O)N(C)C)c(Cc2cccnc2-c2ccc(F)cc2[C@@H](C)O)c1Br. The number of aliphatic hydroxyl groups is 1. The lowest BCUT2D eigenvalue weighted by Crippen LogP contribution is -2.29. The van der Waals surface area contributed by atoms with Crippen LogP contribution in [0, 0.1) is 5.82 Å². The van der Waals surface area contributed by atoms with Crippen molar-refractivity contribution in [1.82, 2.24) is 19.7 Å². The van der Waals surface area contributed by atoms with Gasteiger partial charge in [0.15, 0.2) is 0 Å². The molecule has 158 valence electrons. The Morgan fingerprint density at radius 1 is 1.33 bits per heavy atom. The molecule has 0 bridgehead atoms. The number of nitrogens with zero attached hydrogens (tertiary/aromatic N) is 4. The van der Waals surface area contributed by atoms with E-state index in [4.69, 9.17) is 0 Å². The molecular formula is C22H24BrFN4O2. The largest absolute Gasteiger partial charge is 0.389 e. The molecule has 0 radical (unpaired) electrons. The minimum atomic E-state index is -0.857. The molecule has 1 amide bonds. The zero-order chi connectivity index (χ0) is 22.0. The fourth-order valence-corrected chi connectivity index (χ4v) is 3.98. The van der Waals surface area contributed by atoms with Crippen LogP contribution < -0.4 is 0 Å². The first-order chi connectivity index (χ1) is 14.2. The zero-order valence-electron chi connectivity index (χ0n) is 17.4. The van der Waals surface area contributed by atoms with Crippen molar-refractivity contribution in [2.45, 2.75) is 32.8 Å². The Bertz CT molecular complexity index is 1080. The molecule has 8 heteroatoms. The van der Waals surface area contributed by atoms with Crippen molar-refractivity contribution in [3.63, 3.8) is 0 Å². The molecule has 0 fully saturated rings. The van der Waals surface area contributed by atoms with E-state index in [1.54, 1.807) is 33.3 Å². The van der Waals surface area contributed by atoms with Gasteiger partial charge < -0.3 is 10.0 Å². The predicted octanol–water partition coefficient (Wildman–Crippen LogP) is 4.58. The molecule has 3 rings (SSSR count). The van der Waals surface area contributed by atoms with E-state index in [-0.39, 0.29) is 6.03 Å². The van der Waals surface area contributed by atoms with Gasteiger partial charge >= 0.3 is 6.03 Å². The predicted molar refractivity (Wildman–Crippen MR) is 117 cm³/mol. The van der Waals surface area contributed by atoms with Crippen molar-refractivity contribution in [2.75, 3.05) is 14.1 Å². The molecule has 2 aromatic heterocycles. The standard InChI is InChI=1S/C22H24BrFN4O2/c1-5-18-20(23)19(28(26-18)22(30)27(3)4)11-14-7-6-10-25-21(14)16-9-8-15(24)12-17(16)13(2)29/h6-10,12-13,29H,5,11H2,1-4H3/t13-/m1/s1. The average molecular weight is 475 g/mol. The normalized spacial score (nSPS) is 12.1. The number of aromatic nitrogens is 3. The maximum Gasteiger partial charge on any atom is 0.344 e. The molecule has 0 spiro atoms. The second kappa shape index (κ2) is 9.06. The summed E-state index contributed by atoms with van der Waals surface area (Å²) in [5, 5.41) is 14.6. The Hall–Kier alpha value is -2.58. The first kappa shape index (κ1) is 22.1. The van der Waals surface area contributed by atoms with Crippen LogP contribution in [0.3, 0.4) is 0 Å². The highest BCUT2D eigenvalue weighted by Gasteiger charge is 2.23. The van der Waals surface area contributed by atoms with Crippen molar-refractivity contribution in [3.05, 3.63) is 69.3 Å². The number of hydrogen-bond donors (Lipinski definition) is 1. The van der Waals surface area contributed by atoms with Crippen LogP contribution in [0.4, 0.5) is 9.18 Å². The summed E-state index contributed by atoms with van der Waals surface area (Å²) >= 11 is 3.60. The number of amides is 1. The number of benzene rings is 1. The van der Waals surface area contributed by atoms with Crippen LogP contribution in [0.1, 0.15) is 42.5 Å². The summed E-state index contributed by atoms with van der Waals surface area (Å²) in [5.74, 6) is -0.419. The molecule has 1 atom stereocenters. The first-order valence-corrected chi connectivity index (χ1v) is 10.4. The molecule has 30 heavy (non-hydrogen) atoms. The number of pyridine rings is 1. The summed E-state index contributed by atoms with van der Waals surface area (Å²) in [4.78, 5) is 18.7. The quantitative estimate of drug-likeness (QED) is 0.587. The lowest BCUT2D eigenvalue weighted by molar-refractivity contribution is 0.199. The summed E-state index contributed by atoms with van der Waals surface area (Å²) < 4.78 is 16.0. The number of hydrogen-bond acceptors (Lipinski definition) is 4. The smallest absolute Gasteiger partial charge is 0.344 e. The number of rotatable bonds is 5. The molecule has 0 aliphatic heterocycles. The van der Waals surface area contributed by atoms with Crippen molar-refractivity contribution < 1.29 is 14.3 Å². The number of carbonyl (C=O) groups excluding carboxylic acids is 1. The van der Waals surface area contributed by atoms with Crippen LogP contribution >= 0.6 is 15.9 Å². The molecule has 1 N–H and O–H groups in total. The monoisotopic (exact) mass is 474 g/mol. The van der Waals surface area contributed by atoms with Crippen LogP contribution in [0.25, 0.3) is 11.3 Å². The molecule has 0 aliphatic rings. The van der Waals surface area contributed by atoms with Gasteiger partial charge in [-0.05, 0) is 64.7 Å². The maximum atomic E-state index is 13.8. The second-order valence-corrected chi connectivity index (χ2v) is 8.04. The van der Waals surface area contributed by atoms with E-state index in [0.717, 1.165) is 15.7 Å². The summed E-state index contributed by atoms with van der Waals surface area (Å²) in [6, 6.07) is 7.77.